The van der Waals surface area contributed by atoms with E-state index in [0.717, 1.165) is 26.0 Å². The SMILES string of the molecule is CCNC(CCc1cccs1)COC(C)(C)C. The predicted molar refractivity (Wildman–Crippen MR) is 75.8 cm³/mol. The molecule has 0 spiro atoms. The van der Waals surface area contributed by atoms with Gasteiger partial charge < -0.3 is 10.1 Å². The van der Waals surface area contributed by atoms with Gasteiger partial charge in [0.25, 0.3) is 0 Å². The Morgan fingerprint density at radius 2 is 2.18 bits per heavy atom. The molecule has 1 atom stereocenters. The molecule has 0 aliphatic carbocycles. The van der Waals surface area contributed by atoms with Crippen LogP contribution in [-0.4, -0.2) is 24.8 Å². The average Bonchev–Trinajstić information content (AvgIpc) is 2.74. The molecule has 1 unspecified atom stereocenters. The lowest BCUT2D eigenvalue weighted by Gasteiger charge is -2.25. The normalized spacial score (nSPS) is 13.9. The van der Waals surface area contributed by atoms with Gasteiger partial charge in [-0.25, -0.2) is 0 Å². The van der Waals surface area contributed by atoms with E-state index in [0.29, 0.717) is 6.04 Å². The van der Waals surface area contributed by atoms with E-state index in [-0.39, 0.29) is 5.60 Å². The molecule has 2 nitrogen and oxygen atoms in total. The maximum atomic E-state index is 5.85. The largest absolute Gasteiger partial charge is 0.374 e. The van der Waals surface area contributed by atoms with Crippen molar-refractivity contribution in [1.82, 2.24) is 5.32 Å². The zero-order valence-corrected chi connectivity index (χ0v) is 12.3. The second-order valence-corrected chi connectivity index (χ2v) is 6.33. The molecule has 0 fully saturated rings. The van der Waals surface area contributed by atoms with Crippen LogP contribution in [0.15, 0.2) is 17.5 Å². The lowest BCUT2D eigenvalue weighted by atomic mass is 10.1. The third-order valence-corrected chi connectivity index (χ3v) is 3.47. The molecule has 1 aromatic heterocycles. The Morgan fingerprint density at radius 3 is 2.71 bits per heavy atom. The molecule has 0 amide bonds. The molecule has 0 saturated heterocycles. The number of hydrogen-bond donors (Lipinski definition) is 1. The molecule has 3 heteroatoms. The van der Waals surface area contributed by atoms with Gasteiger partial charge in [0.05, 0.1) is 12.2 Å². The minimum Gasteiger partial charge on any atom is -0.374 e. The highest BCUT2D eigenvalue weighted by Gasteiger charge is 2.14. The number of aryl methyl sites for hydroxylation is 1. The van der Waals surface area contributed by atoms with Crippen LogP contribution >= 0.6 is 11.3 Å². The number of rotatable bonds is 7. The van der Waals surface area contributed by atoms with Gasteiger partial charge in [-0.3, -0.25) is 0 Å². The Balaban J connectivity index is 2.32. The molecule has 0 saturated carbocycles. The van der Waals surface area contributed by atoms with Gasteiger partial charge in [-0.05, 0) is 51.6 Å². The summed E-state index contributed by atoms with van der Waals surface area (Å²) >= 11 is 1.84. The average molecular weight is 255 g/mol. The first-order valence-corrected chi connectivity index (χ1v) is 7.29. The lowest BCUT2D eigenvalue weighted by Crippen LogP contribution is -2.36. The number of hydrogen-bond acceptors (Lipinski definition) is 3. The molecule has 1 N–H and O–H groups in total. The first-order chi connectivity index (χ1) is 8.01. The quantitative estimate of drug-likeness (QED) is 0.805. The van der Waals surface area contributed by atoms with E-state index in [1.54, 1.807) is 0 Å². The molecular weight excluding hydrogens is 230 g/mol. The van der Waals surface area contributed by atoms with Crippen LogP contribution in [0, 0.1) is 0 Å². The second-order valence-electron chi connectivity index (χ2n) is 5.30. The highest BCUT2D eigenvalue weighted by atomic mass is 32.1. The van der Waals surface area contributed by atoms with Crippen LogP contribution in [0.1, 0.15) is 39.0 Å². The summed E-state index contributed by atoms with van der Waals surface area (Å²) in [7, 11) is 0. The van der Waals surface area contributed by atoms with Gasteiger partial charge in [0.15, 0.2) is 0 Å². The van der Waals surface area contributed by atoms with Crippen LogP contribution in [0.3, 0.4) is 0 Å². The summed E-state index contributed by atoms with van der Waals surface area (Å²) in [6.07, 6.45) is 2.28. The van der Waals surface area contributed by atoms with Crippen molar-refractivity contribution in [3.05, 3.63) is 22.4 Å². The van der Waals surface area contributed by atoms with Gasteiger partial charge in [0, 0.05) is 10.9 Å². The molecule has 0 aliphatic heterocycles. The van der Waals surface area contributed by atoms with Crippen molar-refractivity contribution >= 4 is 11.3 Å². The molecule has 0 aromatic carbocycles. The Labute approximate surface area is 109 Å². The second kappa shape index (κ2) is 7.14. The van der Waals surface area contributed by atoms with Crippen molar-refractivity contribution in [2.45, 2.75) is 52.2 Å². The van der Waals surface area contributed by atoms with E-state index in [4.69, 9.17) is 4.74 Å². The van der Waals surface area contributed by atoms with Crippen molar-refractivity contribution in [3.8, 4) is 0 Å². The van der Waals surface area contributed by atoms with Crippen molar-refractivity contribution in [2.75, 3.05) is 13.2 Å². The Bertz CT molecular complexity index is 290. The fourth-order valence-electron chi connectivity index (χ4n) is 1.65. The van der Waals surface area contributed by atoms with Gasteiger partial charge in [-0.2, -0.15) is 0 Å². The van der Waals surface area contributed by atoms with Crippen LogP contribution < -0.4 is 5.32 Å². The number of thiophene rings is 1. The fraction of sp³-hybridized carbons (Fsp3) is 0.714. The molecular formula is C14H25NOS. The first kappa shape index (κ1) is 14.7. The van der Waals surface area contributed by atoms with Crippen LogP contribution in [0.5, 0.6) is 0 Å². The highest BCUT2D eigenvalue weighted by molar-refractivity contribution is 7.09. The van der Waals surface area contributed by atoms with Crippen LogP contribution in [-0.2, 0) is 11.2 Å². The summed E-state index contributed by atoms with van der Waals surface area (Å²) < 4.78 is 5.85. The third-order valence-electron chi connectivity index (χ3n) is 2.53. The Morgan fingerprint density at radius 1 is 1.41 bits per heavy atom. The van der Waals surface area contributed by atoms with E-state index < -0.39 is 0 Å². The van der Waals surface area contributed by atoms with E-state index in [1.165, 1.54) is 4.88 Å². The molecule has 98 valence electrons. The van der Waals surface area contributed by atoms with Gasteiger partial charge in [0.2, 0.25) is 0 Å². The number of ether oxygens (including phenoxy) is 1. The van der Waals surface area contributed by atoms with Gasteiger partial charge in [-0.15, -0.1) is 11.3 Å². The topological polar surface area (TPSA) is 21.3 Å². The van der Waals surface area contributed by atoms with Crippen LogP contribution in [0.2, 0.25) is 0 Å². The van der Waals surface area contributed by atoms with Crippen molar-refractivity contribution < 1.29 is 4.74 Å². The zero-order valence-electron chi connectivity index (χ0n) is 11.5. The van der Waals surface area contributed by atoms with Gasteiger partial charge >= 0.3 is 0 Å². The summed E-state index contributed by atoms with van der Waals surface area (Å²) in [5, 5.41) is 5.64. The van der Waals surface area contributed by atoms with Crippen LogP contribution in [0.4, 0.5) is 0 Å². The first-order valence-electron chi connectivity index (χ1n) is 6.41. The number of nitrogens with one attached hydrogen (secondary N) is 1. The monoisotopic (exact) mass is 255 g/mol. The fourth-order valence-corrected chi connectivity index (χ4v) is 2.38. The van der Waals surface area contributed by atoms with Crippen molar-refractivity contribution in [2.24, 2.45) is 0 Å². The van der Waals surface area contributed by atoms with Crippen molar-refractivity contribution in [3.63, 3.8) is 0 Å². The van der Waals surface area contributed by atoms with Crippen LogP contribution in [0.25, 0.3) is 0 Å². The molecule has 0 aliphatic rings. The molecule has 17 heavy (non-hydrogen) atoms. The molecule has 0 bridgehead atoms. The third kappa shape index (κ3) is 6.81. The zero-order chi connectivity index (χ0) is 12.7. The summed E-state index contributed by atoms with van der Waals surface area (Å²) in [4.78, 5) is 1.46. The molecule has 0 radical (unpaired) electrons. The number of likely N-dealkylation sites (N-methyl/N-ethyl adjacent to an activating group) is 1. The summed E-state index contributed by atoms with van der Waals surface area (Å²) in [6.45, 7) is 10.3. The predicted octanol–water partition coefficient (Wildman–Crippen LogP) is 3.47. The molecule has 1 rings (SSSR count). The van der Waals surface area contributed by atoms with E-state index in [2.05, 4.69) is 50.5 Å². The summed E-state index contributed by atoms with van der Waals surface area (Å²) in [5.74, 6) is 0. The van der Waals surface area contributed by atoms with Gasteiger partial charge in [0.1, 0.15) is 0 Å². The highest BCUT2D eigenvalue weighted by Crippen LogP contribution is 2.14. The van der Waals surface area contributed by atoms with E-state index in [1.807, 2.05) is 11.3 Å². The Kier molecular flexibility index (Phi) is 6.17. The summed E-state index contributed by atoms with van der Waals surface area (Å²) in [5.41, 5.74) is -0.0450. The molecule has 1 heterocycles. The molecule has 1 aromatic rings. The Hall–Kier alpha value is -0.380. The lowest BCUT2D eigenvalue weighted by molar-refractivity contribution is -0.0151. The van der Waals surface area contributed by atoms with Crippen molar-refractivity contribution in [1.29, 1.82) is 0 Å². The summed E-state index contributed by atoms with van der Waals surface area (Å²) in [6, 6.07) is 4.79. The van der Waals surface area contributed by atoms with E-state index in [9.17, 15) is 0 Å². The maximum Gasteiger partial charge on any atom is 0.0626 e. The van der Waals surface area contributed by atoms with Gasteiger partial charge in [-0.1, -0.05) is 13.0 Å². The minimum atomic E-state index is -0.0450. The maximum absolute atomic E-state index is 5.85. The standard InChI is InChI=1S/C14H25NOS/c1-5-15-12(11-16-14(2,3)4)8-9-13-7-6-10-17-13/h6-7,10,12,15H,5,8-9,11H2,1-4H3. The smallest absolute Gasteiger partial charge is 0.0626 e. The van der Waals surface area contributed by atoms with E-state index >= 15 is 0 Å². The minimum absolute atomic E-state index is 0.0450.